The van der Waals surface area contributed by atoms with Gasteiger partial charge in [0.25, 0.3) is 0 Å². The summed E-state index contributed by atoms with van der Waals surface area (Å²) in [5, 5.41) is 12.4. The molecule has 1 fully saturated rings. The predicted molar refractivity (Wildman–Crippen MR) is 111 cm³/mol. The summed E-state index contributed by atoms with van der Waals surface area (Å²) >= 11 is 0. The maximum Gasteiger partial charge on any atom is 0.173 e. The second-order valence-corrected chi connectivity index (χ2v) is 7.82. The summed E-state index contributed by atoms with van der Waals surface area (Å²) in [4.78, 5) is 13.9. The largest absolute Gasteiger partial charge is 0.379 e. The number of allylic oxidation sites excluding steroid dienone is 1. The average Bonchev–Trinajstić information content (AvgIpc) is 2.94. The molecule has 1 spiro atoms. The van der Waals surface area contributed by atoms with Crippen molar-refractivity contribution in [3.8, 4) is 0 Å². The van der Waals surface area contributed by atoms with Crippen molar-refractivity contribution in [2.24, 2.45) is 5.41 Å². The van der Waals surface area contributed by atoms with Crippen molar-refractivity contribution in [2.75, 3.05) is 0 Å². The van der Waals surface area contributed by atoms with Gasteiger partial charge in [0.05, 0.1) is 5.41 Å². The maximum absolute atomic E-state index is 13.9. The number of carbonyl (C=O) groups excluding carboxylic acids is 1. The maximum atomic E-state index is 13.9. The Kier molecular flexibility index (Phi) is 3.85. The molecule has 0 saturated heterocycles. The van der Waals surface area contributed by atoms with Crippen LogP contribution in [0.3, 0.4) is 0 Å². The normalized spacial score (nSPS) is 23.1. The molecule has 0 amide bonds. The third-order valence-corrected chi connectivity index (χ3v) is 6.49. The van der Waals surface area contributed by atoms with Crippen LogP contribution in [0.2, 0.25) is 0 Å². The predicted octanol–water partition coefficient (Wildman–Crippen LogP) is 5.24. The summed E-state index contributed by atoms with van der Waals surface area (Å²) in [7, 11) is 0. The van der Waals surface area contributed by atoms with Gasteiger partial charge in [-0.05, 0) is 29.5 Å². The summed E-state index contributed by atoms with van der Waals surface area (Å²) in [6, 6.07) is 29.4. The van der Waals surface area contributed by atoms with Crippen LogP contribution in [0.1, 0.15) is 36.0 Å². The van der Waals surface area contributed by atoms with Crippen LogP contribution in [0, 0.1) is 5.41 Å². The Hall–Kier alpha value is -2.97. The molecule has 138 valence electrons. The molecule has 1 unspecified atom stereocenters. The van der Waals surface area contributed by atoms with Crippen LogP contribution in [0.4, 0.5) is 0 Å². The zero-order valence-electron chi connectivity index (χ0n) is 15.6. The van der Waals surface area contributed by atoms with Crippen molar-refractivity contribution >= 4 is 16.9 Å². The molecule has 2 heteroatoms. The lowest BCUT2D eigenvalue weighted by Crippen LogP contribution is -2.51. The molecular weight excluding hydrogens is 344 g/mol. The first-order valence-electron chi connectivity index (χ1n) is 9.87. The van der Waals surface area contributed by atoms with Gasteiger partial charge in [-0.3, -0.25) is 4.79 Å². The lowest BCUT2D eigenvalue weighted by atomic mass is 9.55. The van der Waals surface area contributed by atoms with E-state index in [-0.39, 0.29) is 5.78 Å². The molecule has 0 heterocycles. The minimum Gasteiger partial charge on any atom is -0.379 e. The highest BCUT2D eigenvalue weighted by Gasteiger charge is 2.67. The van der Waals surface area contributed by atoms with Gasteiger partial charge in [0.1, 0.15) is 5.60 Å². The fourth-order valence-electron chi connectivity index (χ4n) is 4.99. The van der Waals surface area contributed by atoms with Crippen LogP contribution in [0.5, 0.6) is 0 Å². The Morgan fingerprint density at radius 3 is 1.68 bits per heavy atom. The highest BCUT2D eigenvalue weighted by atomic mass is 16.3. The first-order chi connectivity index (χ1) is 13.7. The molecule has 2 aliphatic rings. The summed E-state index contributed by atoms with van der Waals surface area (Å²) in [6.07, 6.45) is 2.39. The number of ketones is 1. The van der Waals surface area contributed by atoms with Gasteiger partial charge in [-0.2, -0.15) is 0 Å². The van der Waals surface area contributed by atoms with E-state index in [0.29, 0.717) is 18.4 Å². The highest BCUT2D eigenvalue weighted by molar-refractivity contribution is 6.35. The molecule has 3 aromatic carbocycles. The van der Waals surface area contributed by atoms with Crippen LogP contribution in [0.15, 0.2) is 91.0 Å². The van der Waals surface area contributed by atoms with Crippen LogP contribution >= 0.6 is 0 Å². The molecule has 0 aliphatic heterocycles. The quantitative estimate of drug-likeness (QED) is 0.688. The van der Waals surface area contributed by atoms with Crippen molar-refractivity contribution < 1.29 is 9.90 Å². The molecule has 1 N–H and O–H groups in total. The van der Waals surface area contributed by atoms with Gasteiger partial charge in [0.15, 0.2) is 5.78 Å². The van der Waals surface area contributed by atoms with Crippen LogP contribution in [-0.2, 0) is 10.4 Å². The smallest absolute Gasteiger partial charge is 0.173 e. The fourth-order valence-corrected chi connectivity index (χ4v) is 4.99. The summed E-state index contributed by atoms with van der Waals surface area (Å²) < 4.78 is 0. The van der Waals surface area contributed by atoms with Crippen molar-refractivity contribution in [3.63, 3.8) is 0 Å². The number of Topliss-reactive ketones (excluding diaryl/α,β-unsaturated/α-hetero) is 1. The topological polar surface area (TPSA) is 37.3 Å². The monoisotopic (exact) mass is 366 g/mol. The van der Waals surface area contributed by atoms with Gasteiger partial charge in [0, 0.05) is 11.1 Å². The Balaban J connectivity index is 1.87. The minimum absolute atomic E-state index is 0.0788. The van der Waals surface area contributed by atoms with E-state index < -0.39 is 11.0 Å². The number of hydrogen-bond donors (Lipinski definition) is 1. The van der Waals surface area contributed by atoms with Crippen molar-refractivity contribution in [1.82, 2.24) is 0 Å². The lowest BCUT2D eigenvalue weighted by molar-refractivity contribution is -0.144. The average molecular weight is 366 g/mol. The fraction of sp³-hybridized carbons (Fsp3) is 0.192. The zero-order valence-corrected chi connectivity index (χ0v) is 15.6. The first-order valence-corrected chi connectivity index (χ1v) is 9.87. The second kappa shape index (κ2) is 6.29. The molecule has 2 nitrogen and oxygen atoms in total. The van der Waals surface area contributed by atoms with E-state index in [4.69, 9.17) is 0 Å². The Morgan fingerprint density at radius 1 is 0.679 bits per heavy atom. The second-order valence-electron chi connectivity index (χ2n) is 7.82. The molecule has 0 radical (unpaired) electrons. The molecule has 2 aliphatic carbocycles. The molecule has 28 heavy (non-hydrogen) atoms. The van der Waals surface area contributed by atoms with E-state index in [0.717, 1.165) is 28.7 Å². The van der Waals surface area contributed by atoms with Gasteiger partial charge < -0.3 is 5.11 Å². The van der Waals surface area contributed by atoms with Gasteiger partial charge >= 0.3 is 0 Å². The SMILES string of the molecule is O=C1C(c2ccccc2)=C(c2ccccc2)C(O)(c2ccccc2)C12CCC2. The number of hydrogen-bond acceptors (Lipinski definition) is 2. The van der Waals surface area contributed by atoms with E-state index in [1.165, 1.54) is 0 Å². The summed E-state index contributed by atoms with van der Waals surface area (Å²) in [6.45, 7) is 0. The van der Waals surface area contributed by atoms with Gasteiger partial charge in [-0.1, -0.05) is 97.4 Å². The number of benzene rings is 3. The van der Waals surface area contributed by atoms with Crippen LogP contribution < -0.4 is 0 Å². The number of aliphatic hydroxyl groups is 1. The summed E-state index contributed by atoms with van der Waals surface area (Å²) in [5.74, 6) is 0.0788. The van der Waals surface area contributed by atoms with Crippen LogP contribution in [0.25, 0.3) is 11.1 Å². The van der Waals surface area contributed by atoms with Gasteiger partial charge in [-0.25, -0.2) is 0 Å². The number of carbonyl (C=O) groups is 1. The molecule has 3 aromatic rings. The molecule has 0 bridgehead atoms. The van der Waals surface area contributed by atoms with E-state index in [1.54, 1.807) is 0 Å². The Labute approximate surface area is 165 Å². The first kappa shape index (κ1) is 17.2. The van der Waals surface area contributed by atoms with Crippen molar-refractivity contribution in [1.29, 1.82) is 0 Å². The van der Waals surface area contributed by atoms with E-state index in [1.807, 2.05) is 91.0 Å². The zero-order chi connectivity index (χ0) is 19.2. The highest BCUT2D eigenvalue weighted by Crippen LogP contribution is 2.66. The van der Waals surface area contributed by atoms with Gasteiger partial charge in [-0.15, -0.1) is 0 Å². The third kappa shape index (κ3) is 2.15. The van der Waals surface area contributed by atoms with E-state index in [2.05, 4.69) is 0 Å². The minimum atomic E-state index is -1.32. The van der Waals surface area contributed by atoms with Gasteiger partial charge in [0.2, 0.25) is 0 Å². The van der Waals surface area contributed by atoms with E-state index >= 15 is 0 Å². The number of rotatable bonds is 3. The molecule has 1 atom stereocenters. The standard InChI is InChI=1S/C26H22O2/c27-24-22(19-11-4-1-5-12-19)23(20-13-6-2-7-14-20)26(28,25(24)17-10-18-25)21-15-8-3-9-16-21/h1-9,11-16,28H,10,17-18H2. The van der Waals surface area contributed by atoms with Crippen LogP contribution in [-0.4, -0.2) is 10.9 Å². The molecular formula is C26H22O2. The lowest BCUT2D eigenvalue weighted by Gasteiger charge is -2.49. The third-order valence-electron chi connectivity index (χ3n) is 6.49. The molecule has 5 rings (SSSR count). The van der Waals surface area contributed by atoms with Crippen molar-refractivity contribution in [2.45, 2.75) is 24.9 Å². The summed E-state index contributed by atoms with van der Waals surface area (Å²) in [5.41, 5.74) is 1.90. The van der Waals surface area contributed by atoms with E-state index in [9.17, 15) is 9.90 Å². The molecule has 0 aromatic heterocycles. The molecule has 1 saturated carbocycles. The Bertz CT molecular complexity index is 1050. The Morgan fingerprint density at radius 2 is 1.18 bits per heavy atom. The van der Waals surface area contributed by atoms with Crippen molar-refractivity contribution in [3.05, 3.63) is 108 Å².